The fourth-order valence-corrected chi connectivity index (χ4v) is 1.88. The number of furan rings is 1. The van der Waals surface area contributed by atoms with Crippen molar-refractivity contribution in [1.29, 1.82) is 0 Å². The molecule has 0 unspecified atom stereocenters. The Morgan fingerprint density at radius 3 is 2.81 bits per heavy atom. The van der Waals surface area contributed by atoms with E-state index in [1.165, 1.54) is 6.07 Å². The molecule has 88 valence electrons. The van der Waals surface area contributed by atoms with E-state index in [1.54, 1.807) is 6.92 Å². The molecule has 0 aliphatic carbocycles. The van der Waals surface area contributed by atoms with Gasteiger partial charge in [-0.1, -0.05) is 0 Å². The smallest absolute Gasteiger partial charge is 0.310 e. The topological polar surface area (TPSA) is 71.5 Å². The van der Waals surface area contributed by atoms with Crippen molar-refractivity contribution < 1.29 is 9.34 Å². The Morgan fingerprint density at radius 2 is 2.25 bits per heavy atom. The first-order chi connectivity index (χ1) is 7.66. The van der Waals surface area contributed by atoms with Crippen molar-refractivity contribution in [3.63, 3.8) is 0 Å². The Labute approximate surface area is 93.4 Å². The van der Waals surface area contributed by atoms with Gasteiger partial charge in [0.25, 0.3) is 0 Å². The van der Waals surface area contributed by atoms with E-state index in [1.807, 2.05) is 0 Å². The van der Waals surface area contributed by atoms with Crippen molar-refractivity contribution in [2.24, 2.45) is 0 Å². The number of piperazine rings is 1. The number of nitrogens with one attached hydrogen (secondary N) is 1. The first-order valence-electron chi connectivity index (χ1n) is 5.33. The number of aryl methyl sites for hydroxylation is 1. The summed E-state index contributed by atoms with van der Waals surface area (Å²) in [6.45, 7) is 6.10. The Morgan fingerprint density at radius 1 is 1.56 bits per heavy atom. The van der Waals surface area contributed by atoms with Crippen LogP contribution in [0, 0.1) is 17.0 Å². The van der Waals surface area contributed by atoms with Gasteiger partial charge in [-0.05, 0) is 0 Å². The van der Waals surface area contributed by atoms with Gasteiger partial charge in [-0.3, -0.25) is 15.0 Å². The van der Waals surface area contributed by atoms with E-state index in [2.05, 4.69) is 10.2 Å². The molecule has 2 heterocycles. The highest BCUT2D eigenvalue weighted by atomic mass is 16.6. The van der Waals surface area contributed by atoms with Gasteiger partial charge in [-0.2, -0.15) is 0 Å². The summed E-state index contributed by atoms with van der Waals surface area (Å²) in [6, 6.07) is 1.53. The van der Waals surface area contributed by atoms with Crippen LogP contribution in [0.5, 0.6) is 0 Å². The van der Waals surface area contributed by atoms with Gasteiger partial charge in [0.1, 0.15) is 5.76 Å². The van der Waals surface area contributed by atoms with E-state index in [9.17, 15) is 10.1 Å². The lowest BCUT2D eigenvalue weighted by atomic mass is 10.3. The summed E-state index contributed by atoms with van der Waals surface area (Å²) in [5.74, 6) is 1.06. The third-order valence-corrected chi connectivity index (χ3v) is 2.73. The molecule has 0 saturated carbocycles. The van der Waals surface area contributed by atoms with E-state index in [0.29, 0.717) is 18.1 Å². The number of rotatable bonds is 3. The molecule has 1 saturated heterocycles. The summed E-state index contributed by atoms with van der Waals surface area (Å²) in [7, 11) is 0. The lowest BCUT2D eigenvalue weighted by Crippen LogP contribution is -2.42. The van der Waals surface area contributed by atoms with E-state index in [0.717, 1.165) is 26.2 Å². The van der Waals surface area contributed by atoms with E-state index < -0.39 is 4.92 Å². The third-order valence-electron chi connectivity index (χ3n) is 2.73. The second-order valence-corrected chi connectivity index (χ2v) is 3.94. The molecule has 1 fully saturated rings. The Hall–Kier alpha value is -1.40. The largest absolute Gasteiger partial charge is 0.458 e. The van der Waals surface area contributed by atoms with Crippen LogP contribution < -0.4 is 5.32 Å². The van der Waals surface area contributed by atoms with Gasteiger partial charge in [-0.25, -0.2) is 0 Å². The maximum Gasteiger partial charge on any atom is 0.310 e. The highest BCUT2D eigenvalue weighted by Crippen LogP contribution is 2.23. The van der Waals surface area contributed by atoms with Crippen LogP contribution in [-0.4, -0.2) is 36.0 Å². The summed E-state index contributed by atoms with van der Waals surface area (Å²) in [5.41, 5.74) is 0.0742. The van der Waals surface area contributed by atoms with E-state index >= 15 is 0 Å². The summed E-state index contributed by atoms with van der Waals surface area (Å²) in [5, 5.41) is 13.9. The zero-order valence-electron chi connectivity index (χ0n) is 9.23. The maximum absolute atomic E-state index is 10.6. The Balaban J connectivity index is 2.03. The molecule has 0 atom stereocenters. The standard InChI is InChI=1S/C10H15N3O3/c1-8-10(13(14)15)6-9(16-8)7-12-4-2-11-3-5-12/h6,11H,2-5,7H2,1H3. The van der Waals surface area contributed by atoms with Crippen LogP contribution in [0.2, 0.25) is 0 Å². The van der Waals surface area contributed by atoms with Crippen molar-refractivity contribution in [3.05, 3.63) is 27.7 Å². The predicted molar refractivity (Wildman–Crippen MR) is 58.2 cm³/mol. The molecule has 16 heavy (non-hydrogen) atoms. The average Bonchev–Trinajstić information content (AvgIpc) is 2.61. The molecule has 1 aliphatic heterocycles. The SMILES string of the molecule is Cc1oc(CN2CCNCC2)cc1[N+](=O)[O-]. The summed E-state index contributed by atoms with van der Waals surface area (Å²) in [6.07, 6.45) is 0. The Kier molecular flexibility index (Phi) is 3.21. The molecule has 6 heteroatoms. The summed E-state index contributed by atoms with van der Waals surface area (Å²) >= 11 is 0. The molecule has 0 aromatic carbocycles. The quantitative estimate of drug-likeness (QED) is 0.611. The monoisotopic (exact) mass is 225 g/mol. The summed E-state index contributed by atoms with van der Waals surface area (Å²) in [4.78, 5) is 12.5. The van der Waals surface area contributed by atoms with Gasteiger partial charge in [0, 0.05) is 33.1 Å². The lowest BCUT2D eigenvalue weighted by Gasteiger charge is -2.25. The summed E-state index contributed by atoms with van der Waals surface area (Å²) < 4.78 is 5.37. The van der Waals surface area contributed by atoms with E-state index in [-0.39, 0.29) is 5.69 Å². The van der Waals surface area contributed by atoms with Crippen LogP contribution in [0.4, 0.5) is 5.69 Å². The minimum absolute atomic E-state index is 0.0742. The molecule has 0 bridgehead atoms. The van der Waals surface area contributed by atoms with Gasteiger partial charge >= 0.3 is 5.69 Å². The van der Waals surface area contributed by atoms with Crippen molar-refractivity contribution in [3.8, 4) is 0 Å². The zero-order valence-corrected chi connectivity index (χ0v) is 9.23. The molecular weight excluding hydrogens is 210 g/mol. The van der Waals surface area contributed by atoms with Gasteiger partial charge in [0.05, 0.1) is 17.5 Å². The lowest BCUT2D eigenvalue weighted by molar-refractivity contribution is -0.385. The molecule has 1 aliphatic rings. The molecule has 0 spiro atoms. The molecule has 2 rings (SSSR count). The predicted octanol–water partition coefficient (Wildman–Crippen LogP) is 0.901. The highest BCUT2D eigenvalue weighted by molar-refractivity contribution is 5.34. The first kappa shape index (κ1) is 11.1. The van der Waals surface area contributed by atoms with Crippen molar-refractivity contribution in [2.75, 3.05) is 26.2 Å². The second kappa shape index (κ2) is 4.63. The second-order valence-electron chi connectivity index (χ2n) is 3.94. The normalized spacial score (nSPS) is 17.6. The van der Waals surface area contributed by atoms with Crippen LogP contribution >= 0.6 is 0 Å². The molecule has 1 aromatic rings. The van der Waals surface area contributed by atoms with Gasteiger partial charge < -0.3 is 9.73 Å². The van der Waals surface area contributed by atoms with Gasteiger partial charge in [0.15, 0.2) is 5.76 Å². The van der Waals surface area contributed by atoms with Crippen molar-refractivity contribution in [2.45, 2.75) is 13.5 Å². The maximum atomic E-state index is 10.6. The number of nitro groups is 1. The van der Waals surface area contributed by atoms with Crippen LogP contribution in [0.1, 0.15) is 11.5 Å². The molecule has 1 N–H and O–H groups in total. The highest BCUT2D eigenvalue weighted by Gasteiger charge is 2.19. The molecule has 6 nitrogen and oxygen atoms in total. The number of nitrogens with zero attached hydrogens (tertiary/aromatic N) is 2. The van der Waals surface area contributed by atoms with Crippen LogP contribution in [0.3, 0.4) is 0 Å². The van der Waals surface area contributed by atoms with E-state index in [4.69, 9.17) is 4.42 Å². The van der Waals surface area contributed by atoms with Gasteiger partial charge in [0.2, 0.25) is 0 Å². The number of hydrogen-bond acceptors (Lipinski definition) is 5. The third kappa shape index (κ3) is 2.40. The zero-order chi connectivity index (χ0) is 11.5. The fraction of sp³-hybridized carbons (Fsp3) is 0.600. The van der Waals surface area contributed by atoms with Crippen LogP contribution in [-0.2, 0) is 6.54 Å². The average molecular weight is 225 g/mol. The van der Waals surface area contributed by atoms with Crippen molar-refractivity contribution >= 4 is 5.69 Å². The molecule has 1 aromatic heterocycles. The minimum atomic E-state index is -0.403. The first-order valence-corrected chi connectivity index (χ1v) is 5.33. The Bertz CT molecular complexity index is 383. The molecule has 0 radical (unpaired) electrons. The minimum Gasteiger partial charge on any atom is -0.458 e. The number of hydrogen-bond donors (Lipinski definition) is 1. The van der Waals surface area contributed by atoms with Crippen LogP contribution in [0.15, 0.2) is 10.5 Å². The van der Waals surface area contributed by atoms with Gasteiger partial charge in [-0.15, -0.1) is 0 Å². The fourth-order valence-electron chi connectivity index (χ4n) is 1.88. The van der Waals surface area contributed by atoms with Crippen molar-refractivity contribution in [1.82, 2.24) is 10.2 Å². The van der Waals surface area contributed by atoms with Crippen LogP contribution in [0.25, 0.3) is 0 Å². The molecule has 0 amide bonds. The molecular formula is C10H15N3O3.